The van der Waals surface area contributed by atoms with Crippen LogP contribution in [0.5, 0.6) is 0 Å². The van der Waals surface area contributed by atoms with Crippen LogP contribution in [0.25, 0.3) is 0 Å². The highest BCUT2D eigenvalue weighted by atomic mass is 16.4. The predicted molar refractivity (Wildman–Crippen MR) is 116 cm³/mol. The van der Waals surface area contributed by atoms with Crippen molar-refractivity contribution in [3.63, 3.8) is 0 Å². The lowest BCUT2D eigenvalue weighted by molar-refractivity contribution is -0.144. The number of rotatable bonds is 15. The van der Waals surface area contributed by atoms with E-state index in [1.807, 2.05) is 0 Å². The van der Waals surface area contributed by atoms with Gasteiger partial charge < -0.3 is 42.3 Å². The first-order valence-electron chi connectivity index (χ1n) is 11.0. The van der Waals surface area contributed by atoms with Gasteiger partial charge in [-0.15, -0.1) is 0 Å². The Labute approximate surface area is 196 Å². The third kappa shape index (κ3) is 9.31. The molecule has 0 saturated carbocycles. The zero-order valence-electron chi connectivity index (χ0n) is 18.8. The standard InChI is InChI=1S/C20H33N5O9/c21-8-2-1-4-12(17(30)24-13(20(33)34)6-7-15(26)27)23-18(31)14-5-3-9-25(14)19(32)11(22)10-16(28)29/h11-14H,1-10,21-22H2,(H,23,31)(H,24,30)(H,26,27)(H,28,29)(H,33,34). The normalized spacial score (nSPS) is 17.9. The summed E-state index contributed by atoms with van der Waals surface area (Å²) >= 11 is 0. The van der Waals surface area contributed by atoms with Gasteiger partial charge in [-0.1, -0.05) is 0 Å². The van der Waals surface area contributed by atoms with Crippen molar-refractivity contribution in [2.45, 2.75) is 75.5 Å². The average Bonchev–Trinajstić information content (AvgIpc) is 3.24. The lowest BCUT2D eigenvalue weighted by Gasteiger charge is -2.28. The summed E-state index contributed by atoms with van der Waals surface area (Å²) < 4.78 is 0. The smallest absolute Gasteiger partial charge is 0.326 e. The van der Waals surface area contributed by atoms with Crippen LogP contribution in [0, 0.1) is 0 Å². The van der Waals surface area contributed by atoms with Crippen molar-refractivity contribution in [2.75, 3.05) is 13.1 Å². The van der Waals surface area contributed by atoms with E-state index in [1.54, 1.807) is 0 Å². The molecule has 0 aliphatic carbocycles. The molecule has 0 spiro atoms. The zero-order valence-corrected chi connectivity index (χ0v) is 18.8. The minimum Gasteiger partial charge on any atom is -0.481 e. The van der Waals surface area contributed by atoms with Gasteiger partial charge in [-0.05, 0) is 45.1 Å². The summed E-state index contributed by atoms with van der Waals surface area (Å²) in [5.41, 5.74) is 11.1. The van der Waals surface area contributed by atoms with E-state index in [-0.39, 0.29) is 25.8 Å². The molecule has 0 aromatic rings. The van der Waals surface area contributed by atoms with Crippen LogP contribution in [0.1, 0.15) is 51.4 Å². The van der Waals surface area contributed by atoms with Crippen molar-refractivity contribution in [1.82, 2.24) is 15.5 Å². The maximum atomic E-state index is 12.9. The minimum atomic E-state index is -1.46. The quantitative estimate of drug-likeness (QED) is 0.122. The Morgan fingerprint density at radius 1 is 0.941 bits per heavy atom. The molecule has 1 fully saturated rings. The monoisotopic (exact) mass is 487 g/mol. The fraction of sp³-hybridized carbons (Fsp3) is 0.700. The number of hydrogen-bond acceptors (Lipinski definition) is 8. The number of aliphatic carboxylic acids is 3. The van der Waals surface area contributed by atoms with Crippen LogP contribution in [-0.2, 0) is 28.8 Å². The predicted octanol–water partition coefficient (Wildman–Crippen LogP) is -2.17. The molecule has 1 saturated heterocycles. The molecule has 14 heteroatoms. The highest BCUT2D eigenvalue weighted by molar-refractivity contribution is 5.95. The molecule has 0 aromatic carbocycles. The van der Waals surface area contributed by atoms with Gasteiger partial charge in [-0.2, -0.15) is 0 Å². The molecule has 0 radical (unpaired) electrons. The van der Waals surface area contributed by atoms with Gasteiger partial charge in [0.2, 0.25) is 17.7 Å². The van der Waals surface area contributed by atoms with E-state index in [9.17, 15) is 33.9 Å². The van der Waals surface area contributed by atoms with Gasteiger partial charge >= 0.3 is 17.9 Å². The Balaban J connectivity index is 2.91. The van der Waals surface area contributed by atoms with Crippen molar-refractivity contribution in [3.8, 4) is 0 Å². The number of likely N-dealkylation sites (tertiary alicyclic amines) is 1. The van der Waals surface area contributed by atoms with Crippen molar-refractivity contribution >= 4 is 35.6 Å². The lowest BCUT2D eigenvalue weighted by Crippen LogP contribution is -2.56. The summed E-state index contributed by atoms with van der Waals surface area (Å²) in [6.07, 6.45) is 0.468. The number of nitrogens with two attached hydrogens (primary N) is 2. The first-order chi connectivity index (χ1) is 16.0. The first-order valence-corrected chi connectivity index (χ1v) is 11.0. The number of hydrogen-bond donors (Lipinski definition) is 7. The van der Waals surface area contributed by atoms with Crippen molar-refractivity contribution in [1.29, 1.82) is 0 Å². The van der Waals surface area contributed by atoms with Crippen molar-refractivity contribution in [2.24, 2.45) is 11.5 Å². The second-order valence-electron chi connectivity index (χ2n) is 8.07. The van der Waals surface area contributed by atoms with Crippen LogP contribution < -0.4 is 22.1 Å². The van der Waals surface area contributed by atoms with Gasteiger partial charge in [0.15, 0.2) is 0 Å². The molecule has 0 bridgehead atoms. The maximum absolute atomic E-state index is 12.9. The summed E-state index contributed by atoms with van der Waals surface area (Å²) in [6, 6.07) is -4.88. The molecular weight excluding hydrogens is 454 g/mol. The molecular formula is C20H33N5O9. The van der Waals surface area contributed by atoms with Crippen LogP contribution in [0.4, 0.5) is 0 Å². The number of unbranched alkanes of at least 4 members (excludes halogenated alkanes) is 1. The second-order valence-corrected chi connectivity index (χ2v) is 8.07. The molecule has 34 heavy (non-hydrogen) atoms. The third-order valence-corrected chi connectivity index (χ3v) is 5.39. The van der Waals surface area contributed by atoms with Gasteiger partial charge in [-0.25, -0.2) is 4.79 Å². The largest absolute Gasteiger partial charge is 0.481 e. The molecule has 192 valence electrons. The Bertz CT molecular complexity index is 776. The van der Waals surface area contributed by atoms with Crippen LogP contribution in [-0.4, -0.2) is 93.1 Å². The van der Waals surface area contributed by atoms with Gasteiger partial charge in [0.05, 0.1) is 12.5 Å². The number of carboxylic acid groups (broad SMARTS) is 3. The number of nitrogens with one attached hydrogen (secondary N) is 2. The van der Waals surface area contributed by atoms with Crippen LogP contribution in [0.3, 0.4) is 0 Å². The van der Waals surface area contributed by atoms with E-state index in [0.717, 1.165) is 0 Å². The van der Waals surface area contributed by atoms with E-state index in [4.69, 9.17) is 21.7 Å². The van der Waals surface area contributed by atoms with E-state index < -0.39 is 72.6 Å². The van der Waals surface area contributed by atoms with Gasteiger partial charge in [-0.3, -0.25) is 24.0 Å². The maximum Gasteiger partial charge on any atom is 0.326 e. The lowest BCUT2D eigenvalue weighted by atomic mass is 10.1. The fourth-order valence-corrected chi connectivity index (χ4v) is 3.62. The van der Waals surface area contributed by atoms with Gasteiger partial charge in [0.1, 0.15) is 18.1 Å². The molecule has 4 atom stereocenters. The SMILES string of the molecule is NCCCCC(NC(=O)C1CCCN1C(=O)C(N)CC(=O)O)C(=O)NC(CCC(=O)O)C(=O)O. The number of amides is 3. The van der Waals surface area contributed by atoms with E-state index in [0.29, 0.717) is 25.8 Å². The Hall–Kier alpha value is -3.26. The van der Waals surface area contributed by atoms with Gasteiger partial charge in [0.25, 0.3) is 0 Å². The molecule has 14 nitrogen and oxygen atoms in total. The van der Waals surface area contributed by atoms with Crippen LogP contribution in [0.15, 0.2) is 0 Å². The Morgan fingerprint density at radius 2 is 1.62 bits per heavy atom. The molecule has 1 aliphatic rings. The zero-order chi connectivity index (χ0) is 25.8. The number of nitrogens with zero attached hydrogens (tertiary/aromatic N) is 1. The number of carboxylic acids is 3. The Kier molecular flexibility index (Phi) is 11.9. The summed E-state index contributed by atoms with van der Waals surface area (Å²) in [7, 11) is 0. The van der Waals surface area contributed by atoms with E-state index in [2.05, 4.69) is 10.6 Å². The molecule has 3 amide bonds. The van der Waals surface area contributed by atoms with E-state index >= 15 is 0 Å². The topological polar surface area (TPSA) is 242 Å². The summed E-state index contributed by atoms with van der Waals surface area (Å²) in [6.45, 7) is 0.537. The molecule has 9 N–H and O–H groups in total. The molecule has 1 aliphatic heterocycles. The van der Waals surface area contributed by atoms with Gasteiger partial charge in [0, 0.05) is 13.0 Å². The average molecular weight is 488 g/mol. The molecule has 4 unspecified atom stereocenters. The second kappa shape index (κ2) is 14.1. The molecule has 0 aromatic heterocycles. The minimum absolute atomic E-state index is 0.138. The summed E-state index contributed by atoms with van der Waals surface area (Å²) in [5, 5.41) is 31.7. The Morgan fingerprint density at radius 3 is 2.18 bits per heavy atom. The highest BCUT2D eigenvalue weighted by Crippen LogP contribution is 2.19. The van der Waals surface area contributed by atoms with Crippen molar-refractivity contribution in [3.05, 3.63) is 0 Å². The molecule has 1 heterocycles. The number of carbonyl (C=O) groups is 6. The van der Waals surface area contributed by atoms with Crippen molar-refractivity contribution < 1.29 is 44.1 Å². The number of carbonyl (C=O) groups excluding carboxylic acids is 3. The van der Waals surface area contributed by atoms with E-state index in [1.165, 1.54) is 4.90 Å². The first kappa shape index (κ1) is 28.8. The third-order valence-electron chi connectivity index (χ3n) is 5.39. The summed E-state index contributed by atoms with van der Waals surface area (Å²) in [5.74, 6) is -6.04. The van der Waals surface area contributed by atoms with Crippen LogP contribution >= 0.6 is 0 Å². The fourth-order valence-electron chi connectivity index (χ4n) is 3.62. The van der Waals surface area contributed by atoms with Crippen LogP contribution in [0.2, 0.25) is 0 Å². The molecule has 1 rings (SSSR count). The summed E-state index contributed by atoms with van der Waals surface area (Å²) in [4.78, 5) is 72.4. The highest BCUT2D eigenvalue weighted by Gasteiger charge is 2.38.